The molecule has 2 saturated heterocycles. The first-order valence-electron chi connectivity index (χ1n) is 9.67. The Kier molecular flexibility index (Phi) is 6.27. The summed E-state index contributed by atoms with van der Waals surface area (Å²) in [5, 5.41) is 0. The van der Waals surface area contributed by atoms with Crippen LogP contribution in [0.4, 0.5) is 13.2 Å². The van der Waals surface area contributed by atoms with E-state index in [4.69, 9.17) is 0 Å². The Bertz CT molecular complexity index is 690. The van der Waals surface area contributed by atoms with E-state index in [1.807, 2.05) is 4.90 Å². The number of hydrogen-bond acceptors (Lipinski definition) is 3. The summed E-state index contributed by atoms with van der Waals surface area (Å²) in [6.07, 6.45) is -4.25. The van der Waals surface area contributed by atoms with Crippen molar-refractivity contribution in [2.24, 2.45) is 5.92 Å². The van der Waals surface area contributed by atoms with Crippen LogP contribution in [0, 0.1) is 12.8 Å². The first-order chi connectivity index (χ1) is 13.2. The van der Waals surface area contributed by atoms with Crippen LogP contribution in [0.3, 0.4) is 0 Å². The second-order valence-corrected chi connectivity index (χ2v) is 7.65. The highest BCUT2D eigenvalue weighted by atomic mass is 19.4. The molecule has 0 radical (unpaired) electrons. The van der Waals surface area contributed by atoms with E-state index in [1.54, 1.807) is 0 Å². The lowest BCUT2D eigenvalue weighted by molar-refractivity contribution is -0.187. The molecule has 0 bridgehead atoms. The lowest BCUT2D eigenvalue weighted by Gasteiger charge is -2.38. The van der Waals surface area contributed by atoms with Gasteiger partial charge < -0.3 is 9.80 Å². The predicted octanol–water partition coefficient (Wildman–Crippen LogP) is 2.44. The summed E-state index contributed by atoms with van der Waals surface area (Å²) in [4.78, 5) is 28.9. The smallest absolute Gasteiger partial charge is 0.340 e. The number of hydrogen-bond donors (Lipinski definition) is 0. The molecule has 0 N–H and O–H groups in total. The molecule has 2 fully saturated rings. The zero-order valence-electron chi connectivity index (χ0n) is 16.0. The molecule has 2 aliphatic rings. The molecule has 0 saturated carbocycles. The molecule has 5 nitrogen and oxygen atoms in total. The Morgan fingerprint density at radius 3 is 2.04 bits per heavy atom. The molecule has 0 aliphatic carbocycles. The van der Waals surface area contributed by atoms with Crippen LogP contribution < -0.4 is 0 Å². The third-order valence-corrected chi connectivity index (χ3v) is 5.58. The van der Waals surface area contributed by atoms with Crippen LogP contribution in [-0.2, 0) is 16.1 Å². The van der Waals surface area contributed by atoms with Gasteiger partial charge in [0, 0.05) is 51.7 Å². The normalized spacial score (nSPS) is 19.7. The van der Waals surface area contributed by atoms with Crippen molar-refractivity contribution in [3.63, 3.8) is 0 Å². The average molecular weight is 397 g/mol. The Balaban J connectivity index is 1.44. The molecule has 28 heavy (non-hydrogen) atoms. The number of carbonyl (C=O) groups excluding carboxylic acids is 2. The van der Waals surface area contributed by atoms with Crippen molar-refractivity contribution >= 4 is 11.8 Å². The van der Waals surface area contributed by atoms with Gasteiger partial charge in [0.25, 0.3) is 0 Å². The number of aryl methyl sites for hydroxylation is 1. The van der Waals surface area contributed by atoms with Crippen LogP contribution in [0.25, 0.3) is 0 Å². The third-order valence-electron chi connectivity index (χ3n) is 5.58. The van der Waals surface area contributed by atoms with E-state index < -0.39 is 12.1 Å². The maximum atomic E-state index is 12.7. The van der Waals surface area contributed by atoms with Crippen molar-refractivity contribution < 1.29 is 22.8 Å². The monoisotopic (exact) mass is 397 g/mol. The number of likely N-dealkylation sites (tertiary alicyclic amines) is 1. The highest BCUT2D eigenvalue weighted by Crippen LogP contribution is 2.25. The molecule has 0 spiro atoms. The minimum atomic E-state index is -4.84. The molecule has 0 atom stereocenters. The molecule has 0 unspecified atom stereocenters. The van der Waals surface area contributed by atoms with Gasteiger partial charge in [-0.05, 0) is 25.3 Å². The van der Waals surface area contributed by atoms with Gasteiger partial charge in [0.05, 0.1) is 0 Å². The van der Waals surface area contributed by atoms with Gasteiger partial charge in [-0.15, -0.1) is 0 Å². The van der Waals surface area contributed by atoms with E-state index in [1.165, 1.54) is 11.1 Å². The highest BCUT2D eigenvalue weighted by molar-refractivity contribution is 5.83. The number of rotatable bonds is 3. The number of benzene rings is 1. The van der Waals surface area contributed by atoms with E-state index in [2.05, 4.69) is 36.1 Å². The van der Waals surface area contributed by atoms with E-state index in [9.17, 15) is 22.8 Å². The standard InChI is InChI=1S/C20H26F3N3O2/c1-15-2-4-16(5-3-15)14-24-10-12-25(13-11-24)18(27)17-6-8-26(9-7-17)19(28)20(21,22)23/h2-5,17H,6-14H2,1H3. The van der Waals surface area contributed by atoms with Crippen LogP contribution >= 0.6 is 0 Å². The van der Waals surface area contributed by atoms with Crippen molar-refractivity contribution in [1.29, 1.82) is 0 Å². The molecule has 2 amide bonds. The topological polar surface area (TPSA) is 43.9 Å². The largest absolute Gasteiger partial charge is 0.471 e. The zero-order valence-corrected chi connectivity index (χ0v) is 16.0. The molecule has 1 aromatic rings. The summed E-state index contributed by atoms with van der Waals surface area (Å²) < 4.78 is 37.6. The number of piperazine rings is 1. The van der Waals surface area contributed by atoms with Crippen molar-refractivity contribution in [2.45, 2.75) is 32.5 Å². The lowest BCUT2D eigenvalue weighted by Crippen LogP contribution is -2.52. The first-order valence-corrected chi connectivity index (χ1v) is 9.67. The SMILES string of the molecule is Cc1ccc(CN2CCN(C(=O)C3CCN(C(=O)C(F)(F)F)CC3)CC2)cc1. The summed E-state index contributed by atoms with van der Waals surface area (Å²) in [5.74, 6) is -2.09. The van der Waals surface area contributed by atoms with Crippen LogP contribution in [0.15, 0.2) is 24.3 Å². The molecule has 1 aromatic carbocycles. The van der Waals surface area contributed by atoms with E-state index in [-0.39, 0.29) is 24.9 Å². The van der Waals surface area contributed by atoms with Crippen molar-refractivity contribution in [1.82, 2.24) is 14.7 Å². The van der Waals surface area contributed by atoms with Gasteiger partial charge in [-0.3, -0.25) is 14.5 Å². The summed E-state index contributed by atoms with van der Waals surface area (Å²) >= 11 is 0. The minimum Gasteiger partial charge on any atom is -0.340 e. The van der Waals surface area contributed by atoms with Gasteiger partial charge in [0.15, 0.2) is 0 Å². The zero-order chi connectivity index (χ0) is 20.3. The summed E-state index contributed by atoms with van der Waals surface area (Å²) in [6, 6.07) is 8.40. The van der Waals surface area contributed by atoms with Gasteiger partial charge >= 0.3 is 12.1 Å². The molecule has 8 heteroatoms. The number of amides is 2. The van der Waals surface area contributed by atoms with Gasteiger partial charge in [-0.1, -0.05) is 29.8 Å². The number of carbonyl (C=O) groups is 2. The number of piperidine rings is 1. The summed E-state index contributed by atoms with van der Waals surface area (Å²) in [6.45, 7) is 5.71. The number of alkyl halides is 3. The fourth-order valence-corrected chi connectivity index (χ4v) is 3.85. The molecule has 2 heterocycles. The minimum absolute atomic E-state index is 0.00842. The predicted molar refractivity (Wildman–Crippen MR) is 98.4 cm³/mol. The van der Waals surface area contributed by atoms with E-state index >= 15 is 0 Å². The fraction of sp³-hybridized carbons (Fsp3) is 0.600. The Labute approximate surface area is 163 Å². The summed E-state index contributed by atoms with van der Waals surface area (Å²) in [5.41, 5.74) is 2.47. The molecule has 154 valence electrons. The number of halogens is 3. The van der Waals surface area contributed by atoms with Gasteiger partial charge in [0.2, 0.25) is 5.91 Å². The van der Waals surface area contributed by atoms with E-state index in [0.29, 0.717) is 25.9 Å². The maximum absolute atomic E-state index is 12.7. The Morgan fingerprint density at radius 2 is 1.50 bits per heavy atom. The lowest BCUT2D eigenvalue weighted by atomic mass is 9.95. The van der Waals surface area contributed by atoms with Crippen molar-refractivity contribution in [3.8, 4) is 0 Å². The fourth-order valence-electron chi connectivity index (χ4n) is 3.85. The van der Waals surface area contributed by atoms with Crippen molar-refractivity contribution in [3.05, 3.63) is 35.4 Å². The number of nitrogens with zero attached hydrogens (tertiary/aromatic N) is 3. The molecule has 0 aromatic heterocycles. The van der Waals surface area contributed by atoms with Gasteiger partial charge in [-0.25, -0.2) is 0 Å². The van der Waals surface area contributed by atoms with Crippen LogP contribution in [0.2, 0.25) is 0 Å². The van der Waals surface area contributed by atoms with Crippen LogP contribution in [0.5, 0.6) is 0 Å². The quantitative estimate of drug-likeness (QED) is 0.787. The Hall–Kier alpha value is -2.09. The average Bonchev–Trinajstić information content (AvgIpc) is 2.69. The first kappa shape index (κ1) is 20.6. The maximum Gasteiger partial charge on any atom is 0.471 e. The van der Waals surface area contributed by atoms with Crippen LogP contribution in [0.1, 0.15) is 24.0 Å². The third kappa shape index (κ3) is 5.04. The molecule has 3 rings (SSSR count). The van der Waals surface area contributed by atoms with Crippen LogP contribution in [-0.4, -0.2) is 72.0 Å². The summed E-state index contributed by atoms with van der Waals surface area (Å²) in [7, 11) is 0. The molecular weight excluding hydrogens is 371 g/mol. The second-order valence-electron chi connectivity index (χ2n) is 7.65. The highest BCUT2D eigenvalue weighted by Gasteiger charge is 2.44. The Morgan fingerprint density at radius 1 is 0.929 bits per heavy atom. The molecule has 2 aliphatic heterocycles. The molecular formula is C20H26F3N3O2. The van der Waals surface area contributed by atoms with Gasteiger partial charge in [0.1, 0.15) is 0 Å². The second kappa shape index (κ2) is 8.51. The van der Waals surface area contributed by atoms with Gasteiger partial charge in [-0.2, -0.15) is 13.2 Å². The van der Waals surface area contributed by atoms with Crippen molar-refractivity contribution in [2.75, 3.05) is 39.3 Å². The van der Waals surface area contributed by atoms with E-state index in [0.717, 1.165) is 24.5 Å².